The lowest BCUT2D eigenvalue weighted by atomic mass is 10.0. The molecule has 0 radical (unpaired) electrons. The monoisotopic (exact) mass is 428 g/mol. The standard InChI is InChI=1S/C20H23F3N2O3S/c1-12-9-13(2)18(14(3)10-12)24-19(26)15(4)25(29(5,27)28)17-8-6-7-16(11-17)20(21,22)23/h6-11,15H,1-5H3,(H,24,26)/t15-/m1/s1. The molecule has 158 valence electrons. The first kappa shape index (κ1) is 22.7. The molecule has 2 rings (SSSR count). The first-order valence-corrected chi connectivity index (χ1v) is 10.6. The van der Waals surface area contributed by atoms with Crippen molar-refractivity contribution in [1.29, 1.82) is 0 Å². The van der Waals surface area contributed by atoms with Gasteiger partial charge in [-0.2, -0.15) is 13.2 Å². The summed E-state index contributed by atoms with van der Waals surface area (Å²) in [6.45, 7) is 6.85. The fourth-order valence-electron chi connectivity index (χ4n) is 3.23. The van der Waals surface area contributed by atoms with E-state index < -0.39 is 33.7 Å². The molecule has 5 nitrogen and oxygen atoms in total. The van der Waals surface area contributed by atoms with E-state index in [1.165, 1.54) is 13.0 Å². The Labute approximate surface area is 168 Å². The molecular formula is C20H23F3N2O3S. The van der Waals surface area contributed by atoms with Crippen LogP contribution in [0.3, 0.4) is 0 Å². The van der Waals surface area contributed by atoms with Crippen LogP contribution in [0, 0.1) is 20.8 Å². The normalized spacial score (nSPS) is 13.1. The van der Waals surface area contributed by atoms with E-state index in [2.05, 4.69) is 5.32 Å². The number of amides is 1. The Morgan fingerprint density at radius 2 is 1.62 bits per heavy atom. The molecule has 0 spiro atoms. The van der Waals surface area contributed by atoms with Gasteiger partial charge in [0.05, 0.1) is 17.5 Å². The summed E-state index contributed by atoms with van der Waals surface area (Å²) in [6.07, 6.45) is -3.79. The number of halogens is 3. The zero-order valence-electron chi connectivity index (χ0n) is 16.8. The highest BCUT2D eigenvalue weighted by Crippen LogP contribution is 2.33. The Hall–Kier alpha value is -2.55. The summed E-state index contributed by atoms with van der Waals surface area (Å²) in [7, 11) is -4.04. The maximum Gasteiger partial charge on any atom is 0.416 e. The van der Waals surface area contributed by atoms with Gasteiger partial charge >= 0.3 is 6.18 Å². The summed E-state index contributed by atoms with van der Waals surface area (Å²) >= 11 is 0. The number of nitrogens with zero attached hydrogens (tertiary/aromatic N) is 1. The molecule has 0 unspecified atom stereocenters. The zero-order chi connectivity index (χ0) is 22.1. The highest BCUT2D eigenvalue weighted by Gasteiger charge is 2.34. The van der Waals surface area contributed by atoms with Crippen molar-refractivity contribution in [2.24, 2.45) is 0 Å². The second-order valence-corrected chi connectivity index (χ2v) is 8.91. The van der Waals surface area contributed by atoms with Gasteiger partial charge in [0.25, 0.3) is 0 Å². The van der Waals surface area contributed by atoms with Gasteiger partial charge in [-0.15, -0.1) is 0 Å². The first-order chi connectivity index (χ1) is 13.2. The average molecular weight is 428 g/mol. The summed E-state index contributed by atoms with van der Waals surface area (Å²) < 4.78 is 64.5. The van der Waals surface area contributed by atoms with Crippen molar-refractivity contribution in [3.8, 4) is 0 Å². The number of alkyl halides is 3. The molecule has 0 aliphatic rings. The van der Waals surface area contributed by atoms with Crippen molar-refractivity contribution in [3.05, 3.63) is 58.7 Å². The summed E-state index contributed by atoms with van der Waals surface area (Å²) in [5.74, 6) is -0.650. The third-order valence-corrected chi connectivity index (χ3v) is 5.68. The number of hydrogen-bond donors (Lipinski definition) is 1. The minimum Gasteiger partial charge on any atom is -0.324 e. The molecule has 0 aliphatic carbocycles. The van der Waals surface area contributed by atoms with E-state index in [1.54, 1.807) is 13.8 Å². The van der Waals surface area contributed by atoms with Gasteiger partial charge in [0, 0.05) is 5.69 Å². The number of carbonyl (C=O) groups is 1. The van der Waals surface area contributed by atoms with E-state index in [-0.39, 0.29) is 5.69 Å². The predicted molar refractivity (Wildman–Crippen MR) is 108 cm³/mol. The number of sulfonamides is 1. The highest BCUT2D eigenvalue weighted by atomic mass is 32.2. The van der Waals surface area contributed by atoms with Crippen LogP contribution in [0.1, 0.15) is 29.2 Å². The van der Waals surface area contributed by atoms with Gasteiger partial charge in [-0.05, 0) is 57.0 Å². The van der Waals surface area contributed by atoms with Gasteiger partial charge in [-0.3, -0.25) is 9.10 Å². The van der Waals surface area contributed by atoms with Crippen LogP contribution in [-0.2, 0) is 21.0 Å². The van der Waals surface area contributed by atoms with Gasteiger partial charge in [0.2, 0.25) is 15.9 Å². The fourth-order valence-corrected chi connectivity index (χ4v) is 4.40. The maximum absolute atomic E-state index is 13.0. The van der Waals surface area contributed by atoms with Crippen LogP contribution in [-0.4, -0.2) is 26.6 Å². The molecule has 0 bridgehead atoms. The van der Waals surface area contributed by atoms with Crippen LogP contribution in [0.4, 0.5) is 24.5 Å². The lowest BCUT2D eigenvalue weighted by Gasteiger charge is -2.29. The number of hydrogen-bond acceptors (Lipinski definition) is 3. The molecule has 29 heavy (non-hydrogen) atoms. The molecule has 1 atom stereocenters. The number of nitrogens with one attached hydrogen (secondary N) is 1. The lowest BCUT2D eigenvalue weighted by Crippen LogP contribution is -2.45. The van der Waals surface area contributed by atoms with Crippen molar-refractivity contribution < 1.29 is 26.4 Å². The van der Waals surface area contributed by atoms with E-state index in [9.17, 15) is 26.4 Å². The largest absolute Gasteiger partial charge is 0.416 e. The molecule has 1 N–H and O–H groups in total. The van der Waals surface area contributed by atoms with Crippen molar-refractivity contribution in [2.75, 3.05) is 15.9 Å². The minimum absolute atomic E-state index is 0.234. The van der Waals surface area contributed by atoms with E-state index in [1.807, 2.05) is 19.1 Å². The summed E-state index contributed by atoms with van der Waals surface area (Å²) in [5.41, 5.74) is 1.92. The lowest BCUT2D eigenvalue weighted by molar-refractivity contribution is -0.137. The second kappa shape index (κ2) is 8.06. The molecule has 0 aliphatic heterocycles. The van der Waals surface area contributed by atoms with Gasteiger partial charge in [-0.25, -0.2) is 8.42 Å². The molecule has 0 saturated heterocycles. The Kier molecular flexibility index (Phi) is 6.32. The molecular weight excluding hydrogens is 405 g/mol. The Bertz CT molecular complexity index is 1010. The van der Waals surface area contributed by atoms with Crippen molar-refractivity contribution in [3.63, 3.8) is 0 Å². The van der Waals surface area contributed by atoms with Gasteiger partial charge in [0.1, 0.15) is 6.04 Å². The van der Waals surface area contributed by atoms with Crippen LogP contribution in [0.25, 0.3) is 0 Å². The third kappa shape index (κ3) is 5.29. The van der Waals surface area contributed by atoms with Crippen molar-refractivity contribution >= 4 is 27.3 Å². The first-order valence-electron chi connectivity index (χ1n) is 8.77. The molecule has 0 aromatic heterocycles. The number of carbonyl (C=O) groups excluding carboxylic acids is 1. The Balaban J connectivity index is 2.43. The number of aryl methyl sites for hydroxylation is 3. The van der Waals surface area contributed by atoms with E-state index in [0.717, 1.165) is 35.1 Å². The van der Waals surface area contributed by atoms with Gasteiger partial charge < -0.3 is 5.32 Å². The Morgan fingerprint density at radius 3 is 2.10 bits per heavy atom. The SMILES string of the molecule is Cc1cc(C)c(NC(=O)[C@@H](C)N(c2cccc(C(F)(F)F)c2)S(C)(=O)=O)c(C)c1. The predicted octanol–water partition coefficient (Wildman–Crippen LogP) is 4.42. The van der Waals surface area contributed by atoms with Crippen LogP contribution >= 0.6 is 0 Å². The highest BCUT2D eigenvalue weighted by molar-refractivity contribution is 7.92. The molecule has 0 fully saturated rings. The molecule has 0 heterocycles. The quantitative estimate of drug-likeness (QED) is 0.767. The molecule has 9 heteroatoms. The minimum atomic E-state index is -4.64. The third-order valence-electron chi connectivity index (χ3n) is 4.44. The van der Waals surface area contributed by atoms with E-state index in [4.69, 9.17) is 0 Å². The van der Waals surface area contributed by atoms with Gasteiger partial charge in [0.15, 0.2) is 0 Å². The average Bonchev–Trinajstić information content (AvgIpc) is 2.56. The number of benzene rings is 2. The van der Waals surface area contributed by atoms with Crippen molar-refractivity contribution in [2.45, 2.75) is 39.9 Å². The van der Waals surface area contributed by atoms with E-state index in [0.29, 0.717) is 16.1 Å². The van der Waals surface area contributed by atoms with E-state index >= 15 is 0 Å². The molecule has 1 amide bonds. The Morgan fingerprint density at radius 1 is 1.07 bits per heavy atom. The summed E-state index contributed by atoms with van der Waals surface area (Å²) in [6, 6.07) is 6.36. The zero-order valence-corrected chi connectivity index (χ0v) is 17.6. The maximum atomic E-state index is 13.0. The van der Waals surface area contributed by atoms with Crippen LogP contribution in [0.5, 0.6) is 0 Å². The molecule has 0 saturated carbocycles. The number of anilines is 2. The van der Waals surface area contributed by atoms with Crippen LogP contribution in [0.2, 0.25) is 0 Å². The van der Waals surface area contributed by atoms with Crippen LogP contribution < -0.4 is 9.62 Å². The topological polar surface area (TPSA) is 66.5 Å². The van der Waals surface area contributed by atoms with Crippen LogP contribution in [0.15, 0.2) is 36.4 Å². The molecule has 2 aromatic rings. The number of rotatable bonds is 5. The molecule has 2 aromatic carbocycles. The second-order valence-electron chi connectivity index (χ2n) is 7.05. The van der Waals surface area contributed by atoms with Gasteiger partial charge in [-0.1, -0.05) is 23.8 Å². The fraction of sp³-hybridized carbons (Fsp3) is 0.350. The summed E-state index contributed by atoms with van der Waals surface area (Å²) in [5, 5.41) is 2.71. The summed E-state index contributed by atoms with van der Waals surface area (Å²) in [4.78, 5) is 12.8. The van der Waals surface area contributed by atoms with Crippen molar-refractivity contribution in [1.82, 2.24) is 0 Å². The smallest absolute Gasteiger partial charge is 0.324 e.